The summed E-state index contributed by atoms with van der Waals surface area (Å²) in [5.74, 6) is -0.661. The first-order chi connectivity index (χ1) is 9.39. The molecule has 0 aromatic heterocycles. The quantitative estimate of drug-likeness (QED) is 0.629. The normalized spacial score (nSPS) is 13.0. The molecule has 120 valence electrons. The molecule has 0 aliphatic carbocycles. The van der Waals surface area contributed by atoms with Crippen molar-refractivity contribution in [3.05, 3.63) is 24.3 Å². The molecule has 1 rings (SSSR count). The maximum atomic E-state index is 11.8. The van der Waals surface area contributed by atoms with E-state index in [0.29, 0.717) is 0 Å². The van der Waals surface area contributed by atoms with Gasteiger partial charge in [-0.15, -0.1) is 0 Å². The molecule has 1 aromatic carbocycles. The van der Waals surface area contributed by atoms with Crippen LogP contribution in [-0.4, -0.2) is 48.4 Å². The Morgan fingerprint density at radius 2 is 1.57 bits per heavy atom. The minimum atomic E-state index is -4.70. The topological polar surface area (TPSA) is 144 Å². The maximum Gasteiger partial charge on any atom is 0.397 e. The summed E-state index contributed by atoms with van der Waals surface area (Å²) >= 11 is 0. The van der Waals surface area contributed by atoms with Gasteiger partial charge in [0.05, 0.1) is 23.5 Å². The second kappa shape index (κ2) is 6.27. The van der Waals surface area contributed by atoms with Crippen molar-refractivity contribution in [3.63, 3.8) is 0 Å². The first kappa shape index (κ1) is 17.8. The van der Waals surface area contributed by atoms with Gasteiger partial charge in [0, 0.05) is 5.69 Å². The largest absolute Gasteiger partial charge is 0.397 e. The molecule has 0 atom stereocenters. The van der Waals surface area contributed by atoms with E-state index in [4.69, 9.17) is 4.55 Å². The monoisotopic (exact) mass is 359 g/mol. The van der Waals surface area contributed by atoms with E-state index in [9.17, 15) is 25.3 Å². The van der Waals surface area contributed by atoms with Crippen molar-refractivity contribution in [2.75, 3.05) is 23.3 Å². The summed E-state index contributed by atoms with van der Waals surface area (Å²) < 4.78 is 80.6. The van der Waals surface area contributed by atoms with E-state index >= 15 is 0 Å². The van der Waals surface area contributed by atoms with Crippen molar-refractivity contribution < 1.29 is 34.0 Å². The van der Waals surface area contributed by atoms with Gasteiger partial charge in [0.25, 0.3) is 0 Å². The second-order valence-electron chi connectivity index (χ2n) is 3.97. The van der Waals surface area contributed by atoms with Crippen LogP contribution in [0.5, 0.6) is 0 Å². The van der Waals surface area contributed by atoms with Gasteiger partial charge in [0.2, 0.25) is 10.0 Å². The van der Waals surface area contributed by atoms with Crippen LogP contribution in [0, 0.1) is 0 Å². The van der Waals surface area contributed by atoms with Crippen LogP contribution in [0.3, 0.4) is 0 Å². The first-order valence-electron chi connectivity index (χ1n) is 5.31. The summed E-state index contributed by atoms with van der Waals surface area (Å²) in [5.41, 5.74) is 0.186. The highest BCUT2D eigenvalue weighted by Crippen LogP contribution is 2.16. The van der Waals surface area contributed by atoms with Crippen LogP contribution in [0.15, 0.2) is 29.2 Å². The van der Waals surface area contributed by atoms with Gasteiger partial charge in [-0.2, -0.15) is 8.42 Å². The predicted octanol–water partition coefficient (Wildman–Crippen LogP) is -0.349. The molecule has 0 bridgehead atoms. The molecule has 12 heteroatoms. The van der Waals surface area contributed by atoms with Gasteiger partial charge in [0.15, 0.2) is 9.84 Å². The number of hydrogen-bond donors (Lipinski definition) is 2. The standard InChI is InChI=1S/C9H13NO8S3/c1-19(11,12)10-8-2-4-9(5-3-8)20(13,14)7-6-18-21(15,16)17/h2-5,10H,6-7H2,1H3,(H,15,16,17). The summed E-state index contributed by atoms with van der Waals surface area (Å²) in [5, 5.41) is 0. The molecule has 0 unspecified atom stereocenters. The minimum Gasteiger partial charge on any atom is -0.284 e. The fourth-order valence-corrected chi connectivity index (χ4v) is 3.36. The van der Waals surface area contributed by atoms with Crippen molar-refractivity contribution in [2.24, 2.45) is 0 Å². The lowest BCUT2D eigenvalue weighted by Crippen LogP contribution is -2.15. The molecule has 21 heavy (non-hydrogen) atoms. The van der Waals surface area contributed by atoms with Gasteiger partial charge < -0.3 is 0 Å². The summed E-state index contributed by atoms with van der Waals surface area (Å²) in [4.78, 5) is -0.138. The zero-order valence-electron chi connectivity index (χ0n) is 10.8. The lowest BCUT2D eigenvalue weighted by molar-refractivity contribution is 0.284. The van der Waals surface area contributed by atoms with Crippen LogP contribution in [0.4, 0.5) is 5.69 Å². The first-order valence-corrected chi connectivity index (χ1v) is 10.2. The summed E-state index contributed by atoms with van der Waals surface area (Å²) in [6.45, 7) is -0.732. The average molecular weight is 359 g/mol. The van der Waals surface area contributed by atoms with Crippen LogP contribution < -0.4 is 4.72 Å². The Labute approximate surface area is 122 Å². The van der Waals surface area contributed by atoms with E-state index in [1.54, 1.807) is 0 Å². The Hall–Kier alpha value is -1.21. The third kappa shape index (κ3) is 6.86. The fraction of sp³-hybridized carbons (Fsp3) is 0.333. The number of nitrogens with one attached hydrogen (secondary N) is 1. The van der Waals surface area contributed by atoms with Gasteiger partial charge in [-0.05, 0) is 24.3 Å². The van der Waals surface area contributed by atoms with Crippen molar-refractivity contribution in [1.82, 2.24) is 0 Å². The molecule has 0 aliphatic heterocycles. The highest BCUT2D eigenvalue weighted by atomic mass is 32.3. The summed E-state index contributed by atoms with van der Waals surface area (Å²) in [7, 11) is -12.0. The number of rotatable bonds is 7. The number of benzene rings is 1. The Kier molecular flexibility index (Phi) is 5.33. The van der Waals surface area contributed by atoms with Gasteiger partial charge in [-0.3, -0.25) is 9.27 Å². The smallest absolute Gasteiger partial charge is 0.284 e. The van der Waals surface area contributed by atoms with Crippen LogP contribution in [-0.2, 0) is 34.4 Å². The Bertz CT molecular complexity index is 793. The van der Waals surface area contributed by atoms with E-state index in [1.807, 2.05) is 0 Å². The highest BCUT2D eigenvalue weighted by molar-refractivity contribution is 7.92. The van der Waals surface area contributed by atoms with Crippen LogP contribution in [0.25, 0.3) is 0 Å². The molecule has 0 amide bonds. The van der Waals surface area contributed by atoms with Crippen LogP contribution in [0.1, 0.15) is 0 Å². The third-order valence-corrected chi connectivity index (χ3v) is 4.87. The average Bonchev–Trinajstić information content (AvgIpc) is 2.25. The van der Waals surface area contributed by atoms with Gasteiger partial charge in [-0.1, -0.05) is 0 Å². The van der Waals surface area contributed by atoms with Crippen molar-refractivity contribution in [3.8, 4) is 0 Å². The molecule has 0 spiro atoms. The molecule has 9 nitrogen and oxygen atoms in total. The van der Waals surface area contributed by atoms with Gasteiger partial charge in [0.1, 0.15) is 0 Å². The van der Waals surface area contributed by atoms with Gasteiger partial charge in [-0.25, -0.2) is 21.0 Å². The van der Waals surface area contributed by atoms with Crippen molar-refractivity contribution in [1.29, 1.82) is 0 Å². The van der Waals surface area contributed by atoms with E-state index in [0.717, 1.165) is 18.4 Å². The SMILES string of the molecule is CS(=O)(=O)Nc1ccc(S(=O)(=O)CCOS(=O)(=O)O)cc1. The predicted molar refractivity (Wildman–Crippen MR) is 74.5 cm³/mol. The van der Waals surface area contributed by atoms with E-state index in [-0.39, 0.29) is 10.6 Å². The Morgan fingerprint density at radius 3 is 2.00 bits per heavy atom. The number of anilines is 1. The third-order valence-electron chi connectivity index (χ3n) is 2.10. The van der Waals surface area contributed by atoms with Crippen LogP contribution >= 0.6 is 0 Å². The van der Waals surface area contributed by atoms with E-state index < -0.39 is 42.6 Å². The lowest BCUT2D eigenvalue weighted by atomic mass is 10.3. The van der Waals surface area contributed by atoms with E-state index in [1.165, 1.54) is 12.1 Å². The van der Waals surface area contributed by atoms with Crippen molar-refractivity contribution >= 4 is 35.9 Å². The highest BCUT2D eigenvalue weighted by Gasteiger charge is 2.16. The van der Waals surface area contributed by atoms with Crippen LogP contribution in [0.2, 0.25) is 0 Å². The van der Waals surface area contributed by atoms with E-state index in [2.05, 4.69) is 8.91 Å². The molecule has 0 fully saturated rings. The summed E-state index contributed by atoms with van der Waals surface area (Å²) in [6, 6.07) is 4.82. The molecule has 0 saturated carbocycles. The molecule has 2 N–H and O–H groups in total. The zero-order chi connectivity index (χ0) is 16.3. The van der Waals surface area contributed by atoms with Gasteiger partial charge >= 0.3 is 10.4 Å². The minimum absolute atomic E-state index is 0.138. The maximum absolute atomic E-state index is 11.8. The molecular formula is C9H13NO8S3. The number of sulfonamides is 1. The summed E-state index contributed by atoms with van der Waals surface area (Å²) in [6.07, 6.45) is 0.949. The molecule has 1 aromatic rings. The Morgan fingerprint density at radius 1 is 1.05 bits per heavy atom. The molecular weight excluding hydrogens is 346 g/mol. The second-order valence-corrected chi connectivity index (χ2v) is 8.92. The Balaban J connectivity index is 2.80. The molecule has 0 heterocycles. The molecule has 0 radical (unpaired) electrons. The lowest BCUT2D eigenvalue weighted by Gasteiger charge is -2.06. The fourth-order valence-electron chi connectivity index (χ4n) is 1.31. The number of sulfone groups is 1. The molecule has 0 saturated heterocycles. The van der Waals surface area contributed by atoms with Crippen molar-refractivity contribution in [2.45, 2.75) is 4.90 Å². The molecule has 0 aliphatic rings. The number of hydrogen-bond acceptors (Lipinski definition) is 7. The zero-order valence-corrected chi connectivity index (χ0v) is 13.2.